The lowest BCUT2D eigenvalue weighted by Crippen LogP contribution is -2.63. The minimum Gasteiger partial charge on any atom is -0.388 e. The number of hydrogen-bond donors (Lipinski definition) is 8. The maximum absolute atomic E-state index is 10.6. The first kappa shape index (κ1) is 24.5. The van der Waals surface area contributed by atoms with Crippen molar-refractivity contribution in [2.45, 2.75) is 51.2 Å². The van der Waals surface area contributed by atoms with Gasteiger partial charge in [-0.3, -0.25) is 5.41 Å². The second-order valence-electron chi connectivity index (χ2n) is 6.90. The van der Waals surface area contributed by atoms with E-state index in [0.717, 1.165) is 4.90 Å². The molecular weight excluding hydrogens is 472 g/mol. The monoisotopic (exact) mass is 496 g/mol. The van der Waals surface area contributed by atoms with Crippen molar-refractivity contribution in [3.63, 3.8) is 0 Å². The van der Waals surface area contributed by atoms with E-state index in [2.05, 4.69) is 11.7 Å². The van der Waals surface area contributed by atoms with Crippen LogP contribution in [-0.4, -0.2) is 90.1 Å². The zero-order chi connectivity index (χ0) is 22.1. The topological polar surface area (TPSA) is 169 Å². The molecule has 0 aliphatic carbocycles. The van der Waals surface area contributed by atoms with Gasteiger partial charge >= 0.3 is 0 Å². The van der Waals surface area contributed by atoms with Crippen molar-refractivity contribution in [2.75, 3.05) is 12.4 Å². The Morgan fingerprint density at radius 1 is 1.17 bits per heavy atom. The lowest BCUT2D eigenvalue weighted by molar-refractivity contribution is -0.309. The third-order valence-corrected chi connectivity index (χ3v) is 9.18. The van der Waals surface area contributed by atoms with Crippen molar-refractivity contribution in [2.24, 2.45) is 5.73 Å². The van der Waals surface area contributed by atoms with Crippen LogP contribution in [0.1, 0.15) is 5.56 Å². The normalized spacial score (nSPS) is 39.6. The first-order valence-electron chi connectivity index (χ1n) is 8.96. The van der Waals surface area contributed by atoms with Crippen molar-refractivity contribution >= 4 is 51.8 Å². The van der Waals surface area contributed by atoms with Gasteiger partial charge in [0.1, 0.15) is 36.4 Å². The quantitative estimate of drug-likeness (QED) is 0.0847. The number of hydrogen-bond acceptors (Lipinski definition) is 12. The molecule has 0 aromatic heterocycles. The van der Waals surface area contributed by atoms with Crippen LogP contribution < -0.4 is 5.73 Å². The number of benzene rings is 1. The van der Waals surface area contributed by atoms with Crippen LogP contribution in [0.2, 0.25) is 0 Å². The summed E-state index contributed by atoms with van der Waals surface area (Å²) in [5.41, 5.74) is 6.04. The van der Waals surface area contributed by atoms with Gasteiger partial charge in [0.15, 0.2) is 0 Å². The van der Waals surface area contributed by atoms with Crippen molar-refractivity contribution < 1.29 is 35.0 Å². The highest BCUT2D eigenvalue weighted by atomic mass is 33.1. The molecule has 2 saturated heterocycles. The molecule has 13 heteroatoms. The Kier molecular flexibility index (Phi) is 8.29. The Morgan fingerprint density at radius 2 is 1.83 bits per heavy atom. The van der Waals surface area contributed by atoms with Crippen LogP contribution in [0.25, 0.3) is 0 Å². The van der Waals surface area contributed by atoms with E-state index in [1.54, 1.807) is 24.3 Å². The van der Waals surface area contributed by atoms with E-state index in [9.17, 15) is 25.5 Å². The zero-order valence-electron chi connectivity index (χ0n) is 15.6. The number of nitrogen functional groups attached to an aromatic ring is 1. The summed E-state index contributed by atoms with van der Waals surface area (Å²) in [6.07, 6.45) is -7.72. The van der Waals surface area contributed by atoms with Gasteiger partial charge in [-0.2, -0.15) is 0 Å². The standard InChI is InChI=1S/C17H24N2O7S4/c18-15(19)7-1-3-8(4-2-7)29-16-13(23)12(22)10(6-28-16)26-17(30-27)14(24)11(21)9(20)5-25-17/h1-4,9-14,16,20-24,27H,5-6H2,(H3,18,19)/t9-,10-,11-,12-,13+,14+,16+,17-/m1/s1. The van der Waals surface area contributed by atoms with Crippen molar-refractivity contribution in [1.82, 2.24) is 0 Å². The summed E-state index contributed by atoms with van der Waals surface area (Å²) in [4.78, 5) is 0.841. The molecule has 0 bridgehead atoms. The van der Waals surface area contributed by atoms with Crippen molar-refractivity contribution in [3.05, 3.63) is 29.8 Å². The summed E-state index contributed by atoms with van der Waals surface area (Å²) < 4.78 is 10.8. The highest BCUT2D eigenvalue weighted by molar-refractivity contribution is 8.69. The first-order chi connectivity index (χ1) is 14.2. The summed E-state index contributed by atoms with van der Waals surface area (Å²) in [5.74, 6) is 0.251. The Morgan fingerprint density at radius 3 is 2.43 bits per heavy atom. The van der Waals surface area contributed by atoms with Gasteiger partial charge in [-0.05, 0) is 22.9 Å². The SMILES string of the molecule is N=C(N)c1ccc(S[C@@H]2SC[C@@H](O[C@]3(SS)OC[C@@H](O)[C@@H](O)[C@@H]3O)[C@@H](O)[C@@H]2O)cc1. The van der Waals surface area contributed by atoms with Crippen LogP contribution in [0.3, 0.4) is 0 Å². The van der Waals surface area contributed by atoms with Crippen LogP contribution in [0.15, 0.2) is 29.2 Å². The summed E-state index contributed by atoms with van der Waals surface area (Å²) in [6, 6.07) is 6.99. The highest BCUT2D eigenvalue weighted by Gasteiger charge is 2.54. The maximum atomic E-state index is 10.6. The van der Waals surface area contributed by atoms with Crippen LogP contribution >= 0.6 is 46.0 Å². The second kappa shape index (κ2) is 10.2. The Hall–Kier alpha value is -0.190. The molecule has 0 spiro atoms. The molecule has 0 amide bonds. The molecule has 2 fully saturated rings. The molecular formula is C17H24N2O7S4. The molecule has 2 aliphatic heterocycles. The van der Waals surface area contributed by atoms with Gasteiger partial charge in [0.25, 0.3) is 5.12 Å². The number of aliphatic hydroxyl groups is 5. The Labute approximate surface area is 191 Å². The number of amidine groups is 1. The fourth-order valence-corrected chi connectivity index (χ4v) is 6.90. The minimum absolute atomic E-state index is 0.0326. The lowest BCUT2D eigenvalue weighted by Gasteiger charge is -2.46. The third-order valence-electron chi connectivity index (χ3n) is 4.83. The number of ether oxygens (including phenoxy) is 2. The number of thioether (sulfide) groups is 2. The van der Waals surface area contributed by atoms with Crippen LogP contribution in [0, 0.1) is 5.41 Å². The van der Waals surface area contributed by atoms with Crippen molar-refractivity contribution in [3.8, 4) is 0 Å². The number of nitrogens with two attached hydrogens (primary N) is 1. The smallest absolute Gasteiger partial charge is 0.258 e. The van der Waals surface area contributed by atoms with Gasteiger partial charge in [0.05, 0.1) is 17.3 Å². The number of aliphatic hydroxyl groups excluding tert-OH is 5. The first-order valence-corrected chi connectivity index (χ1v) is 12.8. The molecule has 9 nitrogen and oxygen atoms in total. The van der Waals surface area contributed by atoms with Gasteiger partial charge < -0.3 is 40.7 Å². The summed E-state index contributed by atoms with van der Waals surface area (Å²) in [5, 5.41) is 56.8. The molecule has 168 valence electrons. The Balaban J connectivity index is 1.65. The maximum Gasteiger partial charge on any atom is 0.258 e. The summed E-state index contributed by atoms with van der Waals surface area (Å²) >= 11 is 6.80. The number of thiol groups is 1. The Bertz CT molecular complexity index is 745. The van der Waals surface area contributed by atoms with Crippen molar-refractivity contribution in [1.29, 1.82) is 5.41 Å². The van der Waals surface area contributed by atoms with Gasteiger partial charge in [-0.15, -0.1) is 35.2 Å². The minimum atomic E-state index is -1.80. The molecule has 1 aromatic carbocycles. The molecule has 8 atom stereocenters. The molecule has 0 saturated carbocycles. The van der Waals surface area contributed by atoms with Gasteiger partial charge in [0, 0.05) is 16.2 Å². The predicted molar refractivity (Wildman–Crippen MR) is 120 cm³/mol. The molecule has 30 heavy (non-hydrogen) atoms. The van der Waals surface area contributed by atoms with Gasteiger partial charge in [-0.1, -0.05) is 12.1 Å². The second-order valence-corrected chi connectivity index (χ2v) is 10.9. The molecule has 0 unspecified atom stereocenters. The van der Waals surface area contributed by atoms with Gasteiger partial charge in [-0.25, -0.2) is 0 Å². The fraction of sp³-hybridized carbons (Fsp3) is 0.588. The molecule has 2 aliphatic rings. The van der Waals surface area contributed by atoms with E-state index in [1.807, 2.05) is 0 Å². The van der Waals surface area contributed by atoms with E-state index >= 15 is 0 Å². The molecule has 1 aromatic rings. The van der Waals surface area contributed by atoms with E-state index < -0.39 is 41.7 Å². The molecule has 2 heterocycles. The number of nitrogens with one attached hydrogen (secondary N) is 1. The fourth-order valence-electron chi connectivity index (χ4n) is 3.04. The largest absolute Gasteiger partial charge is 0.388 e. The molecule has 3 rings (SSSR count). The van der Waals surface area contributed by atoms with Crippen LogP contribution in [-0.2, 0) is 9.47 Å². The molecule has 0 radical (unpaired) electrons. The van der Waals surface area contributed by atoms with E-state index in [-0.39, 0.29) is 22.8 Å². The van der Waals surface area contributed by atoms with E-state index in [4.69, 9.17) is 20.6 Å². The third kappa shape index (κ3) is 5.07. The molecule has 8 N–H and O–H groups in total. The van der Waals surface area contributed by atoms with Crippen LogP contribution in [0.4, 0.5) is 0 Å². The number of rotatable bonds is 6. The highest BCUT2D eigenvalue weighted by Crippen LogP contribution is 2.44. The summed E-state index contributed by atoms with van der Waals surface area (Å²) in [6.45, 7) is -0.279. The predicted octanol–water partition coefficient (Wildman–Crippen LogP) is -0.413. The lowest BCUT2D eigenvalue weighted by atomic mass is 10.0. The average Bonchev–Trinajstić information content (AvgIpc) is 2.74. The van der Waals surface area contributed by atoms with E-state index in [0.29, 0.717) is 16.4 Å². The van der Waals surface area contributed by atoms with Crippen LogP contribution in [0.5, 0.6) is 0 Å². The van der Waals surface area contributed by atoms with Gasteiger partial charge in [0.2, 0.25) is 0 Å². The average molecular weight is 497 g/mol. The zero-order valence-corrected chi connectivity index (χ0v) is 18.9. The summed E-state index contributed by atoms with van der Waals surface area (Å²) in [7, 11) is 0.705. The van der Waals surface area contributed by atoms with E-state index in [1.165, 1.54) is 23.5 Å².